The summed E-state index contributed by atoms with van der Waals surface area (Å²) in [7, 11) is 0. The molecule has 2 aromatic rings. The Morgan fingerprint density at radius 1 is 1.42 bits per heavy atom. The van der Waals surface area contributed by atoms with Gasteiger partial charge in [-0.1, -0.05) is 23.2 Å². The van der Waals surface area contributed by atoms with Crippen LogP contribution in [0.5, 0.6) is 0 Å². The predicted octanol–water partition coefficient (Wildman–Crippen LogP) is 4.32. The molecule has 1 aliphatic rings. The maximum Gasteiger partial charge on any atom is 0.240 e. The molecule has 1 atom stereocenters. The van der Waals surface area contributed by atoms with Crippen LogP contribution >= 0.6 is 23.2 Å². The maximum atomic E-state index is 12.4. The highest BCUT2D eigenvalue weighted by molar-refractivity contribution is 6.45. The van der Waals surface area contributed by atoms with Crippen molar-refractivity contribution in [1.82, 2.24) is 10.3 Å². The van der Waals surface area contributed by atoms with Gasteiger partial charge in [0.05, 0.1) is 21.5 Å². The number of carbonyl (C=O) groups is 1. The third kappa shape index (κ3) is 3.05. The molecular formula is C16H17Cl2F2N3O. The Bertz CT molecular complexity index is 791. The van der Waals surface area contributed by atoms with Gasteiger partial charge < -0.3 is 15.6 Å². The van der Waals surface area contributed by atoms with Crippen LogP contribution in [0.4, 0.5) is 14.5 Å². The molecule has 0 saturated carbocycles. The summed E-state index contributed by atoms with van der Waals surface area (Å²) in [5.74, 6) is -0.441. The smallest absolute Gasteiger partial charge is 0.240 e. The number of carbonyl (C=O) groups excluding carboxylic acids is 1. The zero-order valence-electron chi connectivity index (χ0n) is 13.0. The van der Waals surface area contributed by atoms with Crippen LogP contribution in [0.1, 0.15) is 30.5 Å². The summed E-state index contributed by atoms with van der Waals surface area (Å²) < 4.78 is 24.9. The first-order valence-electron chi connectivity index (χ1n) is 7.72. The Morgan fingerprint density at radius 2 is 2.17 bits per heavy atom. The van der Waals surface area contributed by atoms with E-state index in [0.717, 1.165) is 16.6 Å². The summed E-state index contributed by atoms with van der Waals surface area (Å²) in [6.07, 6.45) is -2.02. The number of H-pyrrole nitrogens is 1. The molecule has 0 spiro atoms. The van der Waals surface area contributed by atoms with Crippen molar-refractivity contribution in [1.29, 1.82) is 0 Å². The molecule has 1 aliphatic heterocycles. The number of rotatable bonds is 4. The lowest BCUT2D eigenvalue weighted by Gasteiger charge is -2.14. The summed E-state index contributed by atoms with van der Waals surface area (Å²) in [5.41, 5.74) is 3.00. The van der Waals surface area contributed by atoms with E-state index in [0.29, 0.717) is 34.2 Å². The van der Waals surface area contributed by atoms with Gasteiger partial charge in [0.2, 0.25) is 12.3 Å². The van der Waals surface area contributed by atoms with Crippen LogP contribution in [0.25, 0.3) is 10.9 Å². The first kappa shape index (κ1) is 17.3. The molecule has 1 amide bonds. The van der Waals surface area contributed by atoms with Gasteiger partial charge in [-0.15, -0.1) is 0 Å². The highest BCUT2D eigenvalue weighted by Gasteiger charge is 2.28. The molecule has 130 valence electrons. The van der Waals surface area contributed by atoms with Gasteiger partial charge >= 0.3 is 0 Å². The number of aromatic nitrogens is 1. The highest BCUT2D eigenvalue weighted by Crippen LogP contribution is 2.42. The van der Waals surface area contributed by atoms with E-state index >= 15 is 0 Å². The first-order valence-corrected chi connectivity index (χ1v) is 8.48. The molecule has 0 radical (unpaired) electrons. The van der Waals surface area contributed by atoms with Gasteiger partial charge in [0.25, 0.3) is 0 Å². The molecule has 0 aliphatic carbocycles. The maximum absolute atomic E-state index is 12.4. The summed E-state index contributed by atoms with van der Waals surface area (Å²) in [5, 5.41) is 7.31. The summed E-state index contributed by atoms with van der Waals surface area (Å²) in [4.78, 5) is 15.4. The molecule has 4 nitrogen and oxygen atoms in total. The molecule has 8 heteroatoms. The normalized spacial score (nSPS) is 17.8. The Hall–Kier alpha value is -1.53. The number of hydrogen-bond acceptors (Lipinski definition) is 2. The van der Waals surface area contributed by atoms with Crippen molar-refractivity contribution in [2.75, 3.05) is 18.4 Å². The molecule has 0 saturated heterocycles. The van der Waals surface area contributed by atoms with Crippen LogP contribution in [0, 0.1) is 0 Å². The molecule has 3 rings (SSSR count). The predicted molar refractivity (Wildman–Crippen MR) is 92.6 cm³/mol. The molecule has 24 heavy (non-hydrogen) atoms. The SMILES string of the molecule is CC1C(=O)NCCc2[nH]c3c(Cl)c(Cl)cc(NCCC(F)F)c3c21. The fraction of sp³-hybridized carbons (Fsp3) is 0.438. The number of aromatic amines is 1. The van der Waals surface area contributed by atoms with E-state index in [1.165, 1.54) is 0 Å². The minimum absolute atomic E-state index is 0.0701. The second-order valence-corrected chi connectivity index (χ2v) is 6.64. The lowest BCUT2D eigenvalue weighted by atomic mass is 9.96. The number of hydrogen-bond donors (Lipinski definition) is 3. The lowest BCUT2D eigenvalue weighted by Crippen LogP contribution is -2.26. The quantitative estimate of drug-likeness (QED) is 0.745. The van der Waals surface area contributed by atoms with E-state index in [1.807, 2.05) is 6.92 Å². The Morgan fingerprint density at radius 3 is 2.88 bits per heavy atom. The molecule has 0 bridgehead atoms. The topological polar surface area (TPSA) is 56.9 Å². The number of alkyl halides is 2. The van der Waals surface area contributed by atoms with Gasteiger partial charge in [-0.3, -0.25) is 4.79 Å². The summed E-state index contributed by atoms with van der Waals surface area (Å²) >= 11 is 12.5. The number of amides is 1. The van der Waals surface area contributed by atoms with Gasteiger partial charge in [-0.25, -0.2) is 8.78 Å². The van der Waals surface area contributed by atoms with E-state index in [-0.39, 0.29) is 24.8 Å². The Labute approximate surface area is 147 Å². The standard InChI is InChI=1S/C16H17Cl2F2N3O/c1-7-12-9(2-4-22-16(7)24)23-15-13(12)10(6-8(17)14(15)18)21-5-3-11(19)20/h6-7,11,21,23H,2-5H2,1H3,(H,22,24). The zero-order valence-corrected chi connectivity index (χ0v) is 14.5. The van der Waals surface area contributed by atoms with Crippen molar-refractivity contribution >= 4 is 45.7 Å². The number of fused-ring (bicyclic) bond motifs is 3. The minimum atomic E-state index is -2.39. The third-order valence-corrected chi connectivity index (χ3v) is 5.06. The molecule has 0 fully saturated rings. The van der Waals surface area contributed by atoms with Crippen molar-refractivity contribution in [3.05, 3.63) is 27.4 Å². The van der Waals surface area contributed by atoms with E-state index in [9.17, 15) is 13.6 Å². The van der Waals surface area contributed by atoms with Crippen LogP contribution < -0.4 is 10.6 Å². The van der Waals surface area contributed by atoms with Gasteiger partial charge in [0.1, 0.15) is 0 Å². The number of nitrogens with one attached hydrogen (secondary N) is 3. The second kappa shape index (κ2) is 6.76. The van der Waals surface area contributed by atoms with Gasteiger partial charge in [0, 0.05) is 42.7 Å². The molecule has 3 N–H and O–H groups in total. The molecular weight excluding hydrogens is 359 g/mol. The van der Waals surface area contributed by atoms with Crippen molar-refractivity contribution < 1.29 is 13.6 Å². The van der Waals surface area contributed by atoms with Crippen molar-refractivity contribution in [2.45, 2.75) is 32.1 Å². The fourth-order valence-electron chi connectivity index (χ4n) is 3.12. The van der Waals surface area contributed by atoms with Gasteiger partial charge in [-0.05, 0) is 18.6 Å². The number of halogens is 4. The van der Waals surface area contributed by atoms with Crippen LogP contribution in [0.3, 0.4) is 0 Å². The molecule has 1 aromatic heterocycles. The molecule has 1 aromatic carbocycles. The average molecular weight is 376 g/mol. The van der Waals surface area contributed by atoms with E-state index in [1.54, 1.807) is 6.07 Å². The number of anilines is 1. The molecule has 2 heterocycles. The van der Waals surface area contributed by atoms with E-state index < -0.39 is 6.43 Å². The van der Waals surface area contributed by atoms with Gasteiger partial charge in [-0.2, -0.15) is 0 Å². The van der Waals surface area contributed by atoms with Crippen LogP contribution in [-0.4, -0.2) is 30.4 Å². The summed E-state index contributed by atoms with van der Waals surface area (Å²) in [6.45, 7) is 2.45. The second-order valence-electron chi connectivity index (χ2n) is 5.86. The number of benzene rings is 1. The Balaban J connectivity index is 2.15. The summed E-state index contributed by atoms with van der Waals surface area (Å²) in [6, 6.07) is 1.63. The van der Waals surface area contributed by atoms with Crippen molar-refractivity contribution in [3.63, 3.8) is 0 Å². The first-order chi connectivity index (χ1) is 11.4. The van der Waals surface area contributed by atoms with Crippen LogP contribution in [0.2, 0.25) is 10.0 Å². The lowest BCUT2D eigenvalue weighted by molar-refractivity contribution is -0.121. The average Bonchev–Trinajstić information content (AvgIpc) is 2.84. The van der Waals surface area contributed by atoms with Crippen molar-refractivity contribution in [3.8, 4) is 0 Å². The van der Waals surface area contributed by atoms with Crippen LogP contribution in [-0.2, 0) is 11.2 Å². The minimum Gasteiger partial charge on any atom is -0.384 e. The fourth-order valence-corrected chi connectivity index (χ4v) is 3.52. The monoisotopic (exact) mass is 375 g/mol. The highest BCUT2D eigenvalue weighted by atomic mass is 35.5. The largest absolute Gasteiger partial charge is 0.384 e. The van der Waals surface area contributed by atoms with E-state index in [4.69, 9.17) is 23.2 Å². The van der Waals surface area contributed by atoms with Crippen LogP contribution in [0.15, 0.2) is 6.07 Å². The Kier molecular flexibility index (Phi) is 4.88. The molecule has 1 unspecified atom stereocenters. The zero-order chi connectivity index (χ0) is 17.4. The van der Waals surface area contributed by atoms with Gasteiger partial charge in [0.15, 0.2) is 0 Å². The van der Waals surface area contributed by atoms with Crippen molar-refractivity contribution in [2.24, 2.45) is 0 Å². The third-order valence-electron chi connectivity index (χ3n) is 4.27. The van der Waals surface area contributed by atoms with E-state index in [2.05, 4.69) is 15.6 Å².